The maximum Gasteiger partial charge on any atom is 0.0985 e. The third-order valence-electron chi connectivity index (χ3n) is 3.58. The smallest absolute Gasteiger partial charge is 0.0985 e. The van der Waals surface area contributed by atoms with Crippen LogP contribution >= 0.6 is 11.3 Å². The second-order valence-corrected chi connectivity index (χ2v) is 7.90. The quantitative estimate of drug-likeness (QED) is 0.836. The molecule has 1 rings (SSSR count). The molecule has 2 atom stereocenters. The molecule has 3 heteroatoms. The van der Waals surface area contributed by atoms with Crippen molar-refractivity contribution in [3.63, 3.8) is 0 Å². The molecule has 0 saturated heterocycles. The number of hydrogen-bond donors (Lipinski definition) is 1. The van der Waals surface area contributed by atoms with Crippen LogP contribution in [0.1, 0.15) is 76.5 Å². The van der Waals surface area contributed by atoms with Crippen molar-refractivity contribution in [1.29, 1.82) is 0 Å². The molecule has 0 radical (unpaired) electrons. The summed E-state index contributed by atoms with van der Waals surface area (Å²) in [6.45, 7) is 17.9. The van der Waals surface area contributed by atoms with E-state index in [9.17, 15) is 0 Å². The van der Waals surface area contributed by atoms with Crippen molar-refractivity contribution in [2.45, 2.75) is 79.3 Å². The van der Waals surface area contributed by atoms with Gasteiger partial charge in [-0.25, -0.2) is 4.98 Å². The highest BCUT2D eigenvalue weighted by atomic mass is 32.1. The Morgan fingerprint density at radius 3 is 2.16 bits per heavy atom. The van der Waals surface area contributed by atoms with Crippen molar-refractivity contribution < 1.29 is 0 Å². The molecule has 1 heterocycles. The number of thiazole rings is 1. The van der Waals surface area contributed by atoms with E-state index in [1.165, 1.54) is 22.0 Å². The van der Waals surface area contributed by atoms with Crippen molar-refractivity contribution in [3.8, 4) is 0 Å². The maximum atomic E-state index is 4.76. The van der Waals surface area contributed by atoms with Crippen molar-refractivity contribution in [2.24, 2.45) is 5.92 Å². The van der Waals surface area contributed by atoms with Gasteiger partial charge in [0.2, 0.25) is 0 Å². The highest BCUT2D eigenvalue weighted by Gasteiger charge is 2.23. The van der Waals surface area contributed by atoms with Gasteiger partial charge in [0.25, 0.3) is 0 Å². The summed E-state index contributed by atoms with van der Waals surface area (Å²) in [5.41, 5.74) is 1.34. The zero-order valence-electron chi connectivity index (χ0n) is 13.8. The van der Waals surface area contributed by atoms with Crippen LogP contribution < -0.4 is 5.32 Å². The molecular formula is C16H30N2S. The van der Waals surface area contributed by atoms with Gasteiger partial charge in [-0.05, 0) is 26.2 Å². The Morgan fingerprint density at radius 2 is 1.79 bits per heavy atom. The van der Waals surface area contributed by atoms with E-state index in [0.717, 1.165) is 0 Å². The van der Waals surface area contributed by atoms with Gasteiger partial charge < -0.3 is 5.32 Å². The first-order valence-electron chi connectivity index (χ1n) is 7.40. The standard InChI is InChI=1S/C16H30N2S/c1-9-13(10(2)3)17-11(4)14-12(5)18-15(19-14)16(6,7)8/h10-11,13,17H,9H2,1-8H3. The van der Waals surface area contributed by atoms with Crippen molar-refractivity contribution in [1.82, 2.24) is 10.3 Å². The van der Waals surface area contributed by atoms with E-state index < -0.39 is 0 Å². The molecule has 110 valence electrons. The molecule has 2 nitrogen and oxygen atoms in total. The summed E-state index contributed by atoms with van der Waals surface area (Å²) < 4.78 is 0. The lowest BCUT2D eigenvalue weighted by molar-refractivity contribution is 0.357. The first-order chi connectivity index (χ1) is 8.66. The zero-order chi connectivity index (χ0) is 14.8. The van der Waals surface area contributed by atoms with Gasteiger partial charge >= 0.3 is 0 Å². The molecule has 0 aromatic carbocycles. The topological polar surface area (TPSA) is 24.9 Å². The number of hydrogen-bond acceptors (Lipinski definition) is 3. The molecule has 0 aliphatic carbocycles. The number of aryl methyl sites for hydroxylation is 1. The Bertz CT molecular complexity index is 401. The Kier molecular flexibility index (Phi) is 5.57. The maximum absolute atomic E-state index is 4.76. The van der Waals surface area contributed by atoms with Crippen molar-refractivity contribution in [2.75, 3.05) is 0 Å². The Labute approximate surface area is 123 Å². The van der Waals surface area contributed by atoms with Crippen molar-refractivity contribution in [3.05, 3.63) is 15.6 Å². The van der Waals surface area contributed by atoms with Crippen LogP contribution in [0.4, 0.5) is 0 Å². The minimum Gasteiger partial charge on any atom is -0.306 e. The minimum atomic E-state index is 0.148. The van der Waals surface area contributed by atoms with Gasteiger partial charge in [0, 0.05) is 22.4 Å². The normalized spacial score (nSPS) is 15.8. The molecule has 2 unspecified atom stereocenters. The van der Waals surface area contributed by atoms with Crippen LogP contribution in [0, 0.1) is 12.8 Å². The van der Waals surface area contributed by atoms with Gasteiger partial charge in [-0.3, -0.25) is 0 Å². The molecule has 0 aliphatic rings. The van der Waals surface area contributed by atoms with Crippen molar-refractivity contribution >= 4 is 11.3 Å². The van der Waals surface area contributed by atoms with Crippen LogP contribution in [-0.4, -0.2) is 11.0 Å². The van der Waals surface area contributed by atoms with Crippen LogP contribution in [0.3, 0.4) is 0 Å². The van der Waals surface area contributed by atoms with E-state index >= 15 is 0 Å². The van der Waals surface area contributed by atoms with E-state index in [2.05, 4.69) is 60.7 Å². The van der Waals surface area contributed by atoms with E-state index in [1.54, 1.807) is 0 Å². The molecule has 1 aromatic rings. The Hall–Kier alpha value is -0.410. The predicted molar refractivity (Wildman–Crippen MR) is 86.0 cm³/mol. The fourth-order valence-corrected chi connectivity index (χ4v) is 3.44. The first-order valence-corrected chi connectivity index (χ1v) is 8.22. The molecule has 0 amide bonds. The van der Waals surface area contributed by atoms with E-state index in [0.29, 0.717) is 18.0 Å². The molecule has 1 N–H and O–H groups in total. The number of nitrogens with zero attached hydrogens (tertiary/aromatic N) is 1. The summed E-state index contributed by atoms with van der Waals surface area (Å²) in [6.07, 6.45) is 1.17. The second-order valence-electron chi connectivity index (χ2n) is 6.87. The summed E-state index contributed by atoms with van der Waals surface area (Å²) in [6, 6.07) is 0.968. The number of aromatic nitrogens is 1. The third kappa shape index (κ3) is 4.28. The highest BCUT2D eigenvalue weighted by Crippen LogP contribution is 2.32. The summed E-state index contributed by atoms with van der Waals surface area (Å²) in [5, 5.41) is 5.00. The molecule has 1 aromatic heterocycles. The lowest BCUT2D eigenvalue weighted by Gasteiger charge is -2.25. The van der Waals surface area contributed by atoms with E-state index in [-0.39, 0.29) is 5.41 Å². The van der Waals surface area contributed by atoms with Gasteiger partial charge in [0.15, 0.2) is 0 Å². The summed E-state index contributed by atoms with van der Waals surface area (Å²) in [7, 11) is 0. The average Bonchev–Trinajstić information content (AvgIpc) is 2.67. The van der Waals surface area contributed by atoms with Gasteiger partial charge in [0.05, 0.1) is 10.7 Å². The summed E-state index contributed by atoms with van der Waals surface area (Å²) >= 11 is 1.87. The predicted octanol–water partition coefficient (Wildman–Crippen LogP) is 4.83. The molecule has 0 fully saturated rings. The summed E-state index contributed by atoms with van der Waals surface area (Å²) in [5.74, 6) is 0.669. The van der Waals surface area contributed by atoms with Crippen LogP contribution in [-0.2, 0) is 5.41 Å². The van der Waals surface area contributed by atoms with Gasteiger partial charge in [-0.15, -0.1) is 11.3 Å². The average molecular weight is 282 g/mol. The lowest BCUT2D eigenvalue weighted by Crippen LogP contribution is -2.35. The van der Waals surface area contributed by atoms with Gasteiger partial charge in [0.1, 0.15) is 0 Å². The lowest BCUT2D eigenvalue weighted by atomic mass is 9.98. The minimum absolute atomic E-state index is 0.148. The Morgan fingerprint density at radius 1 is 1.21 bits per heavy atom. The number of nitrogens with one attached hydrogen (secondary N) is 1. The molecule has 0 spiro atoms. The molecule has 19 heavy (non-hydrogen) atoms. The van der Waals surface area contributed by atoms with E-state index in [4.69, 9.17) is 4.98 Å². The fraction of sp³-hybridized carbons (Fsp3) is 0.812. The first kappa shape index (κ1) is 16.6. The third-order valence-corrected chi connectivity index (χ3v) is 5.34. The monoisotopic (exact) mass is 282 g/mol. The SMILES string of the molecule is CCC(NC(C)c1sc(C(C)(C)C)nc1C)C(C)C. The van der Waals surface area contributed by atoms with Gasteiger partial charge in [-0.2, -0.15) is 0 Å². The molecular weight excluding hydrogens is 252 g/mol. The van der Waals surface area contributed by atoms with Gasteiger partial charge in [-0.1, -0.05) is 41.5 Å². The Balaban J connectivity index is 2.88. The van der Waals surface area contributed by atoms with E-state index in [1.807, 2.05) is 11.3 Å². The van der Waals surface area contributed by atoms with Crippen LogP contribution in [0.25, 0.3) is 0 Å². The molecule has 0 bridgehead atoms. The summed E-state index contributed by atoms with van der Waals surface area (Å²) in [4.78, 5) is 6.15. The fourth-order valence-electron chi connectivity index (χ4n) is 2.31. The second kappa shape index (κ2) is 6.36. The molecule has 0 saturated carbocycles. The molecule has 0 aliphatic heterocycles. The highest BCUT2D eigenvalue weighted by molar-refractivity contribution is 7.12. The van der Waals surface area contributed by atoms with Crippen LogP contribution in [0.5, 0.6) is 0 Å². The van der Waals surface area contributed by atoms with Crippen LogP contribution in [0.15, 0.2) is 0 Å². The largest absolute Gasteiger partial charge is 0.306 e. The van der Waals surface area contributed by atoms with Crippen LogP contribution in [0.2, 0.25) is 0 Å². The zero-order valence-corrected chi connectivity index (χ0v) is 14.6. The number of rotatable bonds is 5.